The van der Waals surface area contributed by atoms with Crippen molar-refractivity contribution in [3.63, 3.8) is 0 Å². The summed E-state index contributed by atoms with van der Waals surface area (Å²) in [6.07, 6.45) is 0. The molecule has 2 rings (SSSR count). The van der Waals surface area contributed by atoms with Gasteiger partial charge in [-0.15, -0.1) is 0 Å². The molecule has 2 N–H and O–H groups in total. The van der Waals surface area contributed by atoms with Crippen LogP contribution in [-0.2, 0) is 0 Å². The van der Waals surface area contributed by atoms with E-state index in [0.29, 0.717) is 10.8 Å². The van der Waals surface area contributed by atoms with Gasteiger partial charge >= 0.3 is 0 Å². The molecule has 5 heteroatoms. The van der Waals surface area contributed by atoms with Crippen molar-refractivity contribution in [1.29, 1.82) is 0 Å². The van der Waals surface area contributed by atoms with E-state index in [1.807, 2.05) is 31.2 Å². The third-order valence-electron chi connectivity index (χ3n) is 2.19. The van der Waals surface area contributed by atoms with Gasteiger partial charge in [0.1, 0.15) is 5.69 Å². The van der Waals surface area contributed by atoms with E-state index in [1.165, 1.54) is 0 Å². The highest BCUT2D eigenvalue weighted by Crippen LogP contribution is 2.29. The van der Waals surface area contributed by atoms with Crippen molar-refractivity contribution in [3.8, 4) is 11.3 Å². The van der Waals surface area contributed by atoms with Gasteiger partial charge in [-0.2, -0.15) is 0 Å². The Morgan fingerprint density at radius 1 is 1.44 bits per heavy atom. The fourth-order valence-electron chi connectivity index (χ4n) is 1.30. The zero-order valence-corrected chi connectivity index (χ0v) is 10.9. The van der Waals surface area contributed by atoms with E-state index in [9.17, 15) is 0 Å². The molecule has 16 heavy (non-hydrogen) atoms. The molecular formula is C11H10BrClN2O. The minimum atomic E-state index is -0.160. The van der Waals surface area contributed by atoms with E-state index < -0.39 is 0 Å². The molecule has 1 unspecified atom stereocenters. The smallest absolute Gasteiger partial charge is 0.153 e. The topological polar surface area (TPSA) is 52.0 Å². The molecule has 1 heterocycles. The summed E-state index contributed by atoms with van der Waals surface area (Å²) in [5.41, 5.74) is 7.34. The summed E-state index contributed by atoms with van der Waals surface area (Å²) < 4.78 is 5.98. The zero-order chi connectivity index (χ0) is 11.7. The van der Waals surface area contributed by atoms with E-state index in [-0.39, 0.29) is 6.04 Å². The molecule has 0 aliphatic rings. The summed E-state index contributed by atoms with van der Waals surface area (Å²) in [6, 6.07) is 7.28. The Bertz CT molecular complexity index is 510. The Balaban J connectivity index is 2.39. The van der Waals surface area contributed by atoms with Gasteiger partial charge in [0.15, 0.2) is 5.76 Å². The maximum atomic E-state index is 6.00. The van der Waals surface area contributed by atoms with Crippen LogP contribution < -0.4 is 5.73 Å². The van der Waals surface area contributed by atoms with Crippen molar-refractivity contribution in [2.75, 3.05) is 0 Å². The largest absolute Gasteiger partial charge is 0.359 e. The third kappa shape index (κ3) is 2.29. The zero-order valence-electron chi connectivity index (χ0n) is 8.58. The lowest BCUT2D eigenvalue weighted by molar-refractivity contribution is 0.369. The molecule has 1 aromatic heterocycles. The summed E-state index contributed by atoms with van der Waals surface area (Å²) in [5, 5.41) is 4.59. The van der Waals surface area contributed by atoms with Gasteiger partial charge in [-0.1, -0.05) is 22.8 Å². The van der Waals surface area contributed by atoms with Crippen LogP contribution in [-0.4, -0.2) is 5.16 Å². The van der Waals surface area contributed by atoms with Gasteiger partial charge in [0.25, 0.3) is 0 Å². The highest BCUT2D eigenvalue weighted by molar-refractivity contribution is 9.10. The molecule has 3 nitrogen and oxygen atoms in total. The molecular weight excluding hydrogens is 291 g/mol. The monoisotopic (exact) mass is 300 g/mol. The molecule has 0 aliphatic heterocycles. The SMILES string of the molecule is CC(N)c1cc(-c2ccc(Br)c(Cl)c2)no1. The van der Waals surface area contributed by atoms with Crippen molar-refractivity contribution >= 4 is 27.5 Å². The quantitative estimate of drug-likeness (QED) is 0.918. The van der Waals surface area contributed by atoms with E-state index in [2.05, 4.69) is 21.1 Å². The van der Waals surface area contributed by atoms with Crippen LogP contribution in [0.5, 0.6) is 0 Å². The van der Waals surface area contributed by atoms with Crippen LogP contribution >= 0.6 is 27.5 Å². The number of aromatic nitrogens is 1. The molecule has 0 bridgehead atoms. The first kappa shape index (κ1) is 11.6. The number of rotatable bonds is 2. The molecule has 0 aliphatic carbocycles. The van der Waals surface area contributed by atoms with Crippen LogP contribution in [0.1, 0.15) is 18.7 Å². The van der Waals surface area contributed by atoms with E-state index >= 15 is 0 Å². The number of hydrogen-bond donors (Lipinski definition) is 1. The summed E-state index contributed by atoms with van der Waals surface area (Å²) in [7, 11) is 0. The number of halogens is 2. The Hall–Kier alpha value is -0.840. The summed E-state index contributed by atoms with van der Waals surface area (Å²) in [5.74, 6) is 0.661. The minimum Gasteiger partial charge on any atom is -0.359 e. The van der Waals surface area contributed by atoms with Gasteiger partial charge in [0, 0.05) is 16.1 Å². The normalized spacial score (nSPS) is 12.8. The van der Waals surface area contributed by atoms with Gasteiger partial charge in [-0.3, -0.25) is 0 Å². The first-order valence-electron chi connectivity index (χ1n) is 4.75. The first-order chi connectivity index (χ1) is 7.58. The van der Waals surface area contributed by atoms with Crippen LogP contribution in [0.25, 0.3) is 11.3 Å². The molecule has 0 amide bonds. The summed E-state index contributed by atoms with van der Waals surface area (Å²) in [6.45, 7) is 1.85. The van der Waals surface area contributed by atoms with Crippen molar-refractivity contribution in [2.24, 2.45) is 5.73 Å². The lowest BCUT2D eigenvalue weighted by Crippen LogP contribution is -2.02. The predicted molar refractivity (Wildman–Crippen MR) is 67.3 cm³/mol. The molecule has 0 radical (unpaired) electrons. The molecule has 1 aromatic carbocycles. The second-order valence-corrected chi connectivity index (χ2v) is 4.79. The minimum absolute atomic E-state index is 0.160. The third-order valence-corrected chi connectivity index (χ3v) is 3.43. The van der Waals surface area contributed by atoms with E-state index in [1.54, 1.807) is 0 Å². The van der Waals surface area contributed by atoms with Gasteiger partial charge in [-0.25, -0.2) is 0 Å². The standard InChI is InChI=1S/C11H10BrClN2O/c1-6(14)11-5-10(15-16-11)7-2-3-8(12)9(13)4-7/h2-6H,14H2,1H3. The van der Waals surface area contributed by atoms with Gasteiger partial charge in [-0.05, 0) is 35.0 Å². The van der Waals surface area contributed by atoms with Crippen LogP contribution in [0.3, 0.4) is 0 Å². The Kier molecular flexibility index (Phi) is 3.33. The number of nitrogens with two attached hydrogens (primary N) is 1. The van der Waals surface area contributed by atoms with E-state index in [4.69, 9.17) is 21.9 Å². The fourth-order valence-corrected chi connectivity index (χ4v) is 1.72. The van der Waals surface area contributed by atoms with Gasteiger partial charge < -0.3 is 10.3 Å². The van der Waals surface area contributed by atoms with Crippen LogP contribution in [0.4, 0.5) is 0 Å². The summed E-state index contributed by atoms with van der Waals surface area (Å²) >= 11 is 9.34. The highest BCUT2D eigenvalue weighted by Gasteiger charge is 2.10. The second-order valence-electron chi connectivity index (χ2n) is 3.53. The first-order valence-corrected chi connectivity index (χ1v) is 5.92. The highest BCUT2D eigenvalue weighted by atomic mass is 79.9. The number of benzene rings is 1. The molecule has 84 valence electrons. The maximum Gasteiger partial charge on any atom is 0.153 e. The average Bonchev–Trinajstić information content (AvgIpc) is 2.71. The van der Waals surface area contributed by atoms with Crippen molar-refractivity contribution in [1.82, 2.24) is 5.16 Å². The van der Waals surface area contributed by atoms with Crippen LogP contribution in [0.15, 0.2) is 33.3 Å². The van der Waals surface area contributed by atoms with Crippen molar-refractivity contribution in [2.45, 2.75) is 13.0 Å². The number of nitrogens with zero attached hydrogens (tertiary/aromatic N) is 1. The molecule has 0 fully saturated rings. The number of hydrogen-bond acceptors (Lipinski definition) is 3. The Morgan fingerprint density at radius 2 is 2.19 bits per heavy atom. The molecule has 0 saturated carbocycles. The fraction of sp³-hybridized carbons (Fsp3) is 0.182. The van der Waals surface area contributed by atoms with Gasteiger partial charge in [0.2, 0.25) is 0 Å². The molecule has 0 spiro atoms. The van der Waals surface area contributed by atoms with Crippen LogP contribution in [0.2, 0.25) is 5.02 Å². The lowest BCUT2D eigenvalue weighted by Gasteiger charge is -1.98. The Morgan fingerprint density at radius 3 is 2.75 bits per heavy atom. The predicted octanol–water partition coefficient (Wildman–Crippen LogP) is 3.78. The summed E-state index contributed by atoms with van der Waals surface area (Å²) in [4.78, 5) is 0. The average molecular weight is 302 g/mol. The van der Waals surface area contributed by atoms with Crippen LogP contribution in [0, 0.1) is 0 Å². The maximum absolute atomic E-state index is 6.00. The van der Waals surface area contributed by atoms with Crippen molar-refractivity contribution < 1.29 is 4.52 Å². The lowest BCUT2D eigenvalue weighted by atomic mass is 10.1. The van der Waals surface area contributed by atoms with E-state index in [0.717, 1.165) is 15.7 Å². The Labute approximate surface area is 107 Å². The van der Waals surface area contributed by atoms with Gasteiger partial charge in [0.05, 0.1) is 11.1 Å². The van der Waals surface area contributed by atoms with Crippen molar-refractivity contribution in [3.05, 3.63) is 39.5 Å². The second kappa shape index (κ2) is 4.57. The molecule has 2 aromatic rings. The molecule has 0 saturated heterocycles. The molecule has 1 atom stereocenters.